The van der Waals surface area contributed by atoms with Gasteiger partial charge in [0.1, 0.15) is 17.6 Å². The van der Waals surface area contributed by atoms with E-state index in [-0.39, 0.29) is 74.5 Å². The van der Waals surface area contributed by atoms with Gasteiger partial charge in [-0.3, -0.25) is 43.9 Å². The molecule has 1 aromatic carbocycles. The first-order chi connectivity index (χ1) is 29.2. The number of piperazine rings is 1. The number of imide groups is 1. The van der Waals surface area contributed by atoms with Gasteiger partial charge < -0.3 is 15.0 Å². The number of anilines is 2. The molecule has 3 saturated heterocycles. The molecule has 2 aromatic heterocycles. The lowest BCUT2D eigenvalue weighted by Gasteiger charge is -2.42. The molecule has 5 heterocycles. The van der Waals surface area contributed by atoms with E-state index in [4.69, 9.17) is 22.2 Å². The Morgan fingerprint density at radius 2 is 1.81 bits per heavy atom. The molecule has 1 aliphatic carbocycles. The highest BCUT2D eigenvalue weighted by Gasteiger charge is 2.53. The number of ether oxygens (including phenoxy) is 1. The predicted octanol–water partition coefficient (Wildman–Crippen LogP) is 4.61. The second-order valence-electron chi connectivity index (χ2n) is 16.4. The first kappa shape index (κ1) is 44.8. The normalized spacial score (nSPS) is 24.1. The van der Waals surface area contributed by atoms with E-state index in [9.17, 15) is 45.5 Å². The maximum Gasteiger partial charge on any atom is 0.419 e. The number of piperidine rings is 1. The Labute approximate surface area is 357 Å². The van der Waals surface area contributed by atoms with E-state index in [0.717, 1.165) is 16.0 Å². The third-order valence-corrected chi connectivity index (χ3v) is 12.5. The number of aryl methyl sites for hydroxylation is 1. The van der Waals surface area contributed by atoms with Gasteiger partial charge in [-0.25, -0.2) is 4.98 Å². The molecular weight excluding hydrogens is 847 g/mol. The average Bonchev–Trinajstić information content (AvgIpc) is 3.63. The molecule has 15 nitrogen and oxygen atoms in total. The monoisotopic (exact) mass is 890 g/mol. The highest BCUT2D eigenvalue weighted by molar-refractivity contribution is 7.80. The van der Waals surface area contributed by atoms with Crippen molar-refractivity contribution in [3.8, 4) is 6.07 Å². The molecule has 4 fully saturated rings. The largest absolute Gasteiger partial charge is 0.419 e. The fourth-order valence-corrected chi connectivity index (χ4v) is 9.55. The molecule has 4 aliphatic rings. The molecule has 2 N–H and O–H groups in total. The van der Waals surface area contributed by atoms with Crippen LogP contribution >= 0.6 is 12.2 Å². The number of amides is 4. The Hall–Kier alpha value is -5.24. The number of hydrogen-bond acceptors (Lipinski definition) is 11. The summed E-state index contributed by atoms with van der Waals surface area (Å²) >= 11 is 5.66. The quantitative estimate of drug-likeness (QED) is 0.165. The number of alkyl halides is 6. The van der Waals surface area contributed by atoms with Gasteiger partial charge in [0.2, 0.25) is 17.7 Å². The number of carbonyl (C=O) groups excluding carboxylic acids is 4. The molecule has 3 aliphatic heterocycles. The van der Waals surface area contributed by atoms with Crippen LogP contribution in [0, 0.1) is 11.3 Å². The number of fused-ring (bicyclic) bond motifs is 1. The van der Waals surface area contributed by atoms with Gasteiger partial charge in [0.15, 0.2) is 10.8 Å². The molecule has 62 heavy (non-hydrogen) atoms. The van der Waals surface area contributed by atoms with Gasteiger partial charge in [0.05, 0.1) is 59.5 Å². The molecule has 1 saturated carbocycles. The van der Waals surface area contributed by atoms with Crippen molar-refractivity contribution in [2.75, 3.05) is 49.5 Å². The summed E-state index contributed by atoms with van der Waals surface area (Å²) in [7, 11) is 1.63. The topological polar surface area (TPSA) is 169 Å². The average molecular weight is 891 g/mol. The van der Waals surface area contributed by atoms with Crippen molar-refractivity contribution in [3.63, 3.8) is 0 Å². The zero-order valence-electron chi connectivity index (χ0n) is 34.0. The van der Waals surface area contributed by atoms with Crippen LogP contribution in [-0.2, 0) is 37.1 Å². The molecule has 0 radical (unpaired) electrons. The number of nitrogens with zero attached hydrogens (tertiary/aromatic N) is 8. The summed E-state index contributed by atoms with van der Waals surface area (Å²) in [6, 6.07) is 4.95. The fourth-order valence-electron chi connectivity index (χ4n) is 8.98. The van der Waals surface area contributed by atoms with E-state index in [2.05, 4.69) is 20.7 Å². The molecule has 0 spiro atoms. The van der Waals surface area contributed by atoms with Crippen LogP contribution in [0.15, 0.2) is 30.5 Å². The highest BCUT2D eigenvalue weighted by atomic mass is 32.1. The molecule has 4 amide bonds. The standard InChI is InChI=1S/C40H44F6N10O5S/c1-38(2)36(60)55(23-17-27(39(41,42)43)29(18-47)48-19-23)37(62)56(38)22-7-9-24(10-8-22)61-16-15-53-13-14-54(30(20-53)40(44,45)46)21-32(58)49-28-6-4-5-25-33(51-52(3)34(25)28)26-11-12-31(57)50-35(26)59/h4-6,17,19,22,24,26,30H,7-16,20-21H2,1-3H3,(H,49,58)(H,50,57,59). The number of nitrogens with one attached hydrogen (secondary N) is 2. The van der Waals surface area contributed by atoms with Gasteiger partial charge in [0, 0.05) is 51.1 Å². The van der Waals surface area contributed by atoms with E-state index >= 15 is 0 Å². The molecule has 2 unspecified atom stereocenters. The molecule has 332 valence electrons. The summed E-state index contributed by atoms with van der Waals surface area (Å²) in [6.07, 6.45) is -6.14. The SMILES string of the molecule is Cn1nc(C2CCC(=O)NC2=O)c2cccc(NC(=O)CN3CCN(CCOC4CCC(N5C(=S)N(c6cnc(C#N)c(C(F)(F)F)c6)C(=O)C5(C)C)CC4)CC3C(F)(F)F)c21. The van der Waals surface area contributed by atoms with Crippen molar-refractivity contribution >= 4 is 63.2 Å². The van der Waals surface area contributed by atoms with Gasteiger partial charge in [-0.2, -0.15) is 36.7 Å². The molecule has 2 atom stereocenters. The van der Waals surface area contributed by atoms with Gasteiger partial charge in [-0.1, -0.05) is 12.1 Å². The highest BCUT2D eigenvalue weighted by Crippen LogP contribution is 2.41. The summed E-state index contributed by atoms with van der Waals surface area (Å²) in [6.45, 7) is 2.98. The summed E-state index contributed by atoms with van der Waals surface area (Å²) in [5.74, 6) is -2.71. The zero-order chi connectivity index (χ0) is 44.9. The number of nitriles is 1. The van der Waals surface area contributed by atoms with Crippen LogP contribution in [0.5, 0.6) is 0 Å². The summed E-state index contributed by atoms with van der Waals surface area (Å²) in [5, 5.41) is 19.3. The number of thiocarbonyl (C=S) groups is 1. The van der Waals surface area contributed by atoms with Crippen molar-refractivity contribution in [2.45, 2.75) is 94.4 Å². The lowest BCUT2D eigenvalue weighted by atomic mass is 9.89. The lowest BCUT2D eigenvalue weighted by molar-refractivity contribution is -0.197. The minimum absolute atomic E-state index is 0.0197. The van der Waals surface area contributed by atoms with Gasteiger partial charge in [-0.15, -0.1) is 0 Å². The third kappa shape index (κ3) is 8.85. The van der Waals surface area contributed by atoms with Crippen LogP contribution in [0.1, 0.15) is 75.2 Å². The number of hydrogen-bond donors (Lipinski definition) is 2. The lowest BCUT2D eigenvalue weighted by Crippen LogP contribution is -2.60. The van der Waals surface area contributed by atoms with Crippen LogP contribution in [-0.4, -0.2) is 127 Å². The number of carbonyl (C=O) groups is 4. The third-order valence-electron chi connectivity index (χ3n) is 12.1. The van der Waals surface area contributed by atoms with Crippen molar-refractivity contribution in [3.05, 3.63) is 47.4 Å². The van der Waals surface area contributed by atoms with Gasteiger partial charge >= 0.3 is 12.4 Å². The van der Waals surface area contributed by atoms with E-state index in [0.29, 0.717) is 54.0 Å². The molecule has 22 heteroatoms. The fraction of sp³-hybridized carbons (Fsp3) is 0.550. The maximum absolute atomic E-state index is 14.4. The van der Waals surface area contributed by atoms with Crippen molar-refractivity contribution in [1.29, 1.82) is 5.26 Å². The van der Waals surface area contributed by atoms with Crippen molar-refractivity contribution < 1.29 is 50.3 Å². The number of pyridine rings is 1. The second kappa shape index (κ2) is 17.1. The Morgan fingerprint density at radius 1 is 1.08 bits per heavy atom. The summed E-state index contributed by atoms with van der Waals surface area (Å²) in [4.78, 5) is 60.3. The Bertz CT molecular complexity index is 2320. The smallest absolute Gasteiger partial charge is 0.377 e. The Balaban J connectivity index is 0.910. The van der Waals surface area contributed by atoms with Crippen LogP contribution in [0.3, 0.4) is 0 Å². The number of aromatic nitrogens is 3. The molecule has 7 rings (SSSR count). The second-order valence-corrected chi connectivity index (χ2v) is 16.8. The molecule has 3 aromatic rings. The van der Waals surface area contributed by atoms with Gasteiger partial charge in [0.25, 0.3) is 5.91 Å². The molecular formula is C40H44F6N10O5S. The van der Waals surface area contributed by atoms with Crippen LogP contribution < -0.4 is 15.5 Å². The van der Waals surface area contributed by atoms with Crippen molar-refractivity contribution in [1.82, 2.24) is 34.8 Å². The Kier molecular flexibility index (Phi) is 12.4. The van der Waals surface area contributed by atoms with E-state index in [1.54, 1.807) is 48.9 Å². The van der Waals surface area contributed by atoms with Gasteiger partial charge in [-0.05, 0) is 70.3 Å². The first-order valence-corrected chi connectivity index (χ1v) is 20.5. The van der Waals surface area contributed by atoms with Crippen LogP contribution in [0.25, 0.3) is 10.9 Å². The van der Waals surface area contributed by atoms with E-state index in [1.165, 1.54) is 10.8 Å². The maximum atomic E-state index is 14.4. The minimum Gasteiger partial charge on any atom is -0.377 e. The number of halogens is 6. The number of para-hydroxylation sites is 1. The van der Waals surface area contributed by atoms with Crippen molar-refractivity contribution in [2.24, 2.45) is 7.05 Å². The minimum atomic E-state index is -4.88. The van der Waals surface area contributed by atoms with E-state index < -0.39 is 65.4 Å². The first-order valence-electron chi connectivity index (χ1n) is 20.1. The number of benzene rings is 1. The van der Waals surface area contributed by atoms with E-state index in [1.807, 2.05) is 0 Å². The predicted molar refractivity (Wildman–Crippen MR) is 214 cm³/mol. The van der Waals surface area contributed by atoms with Crippen LogP contribution in [0.2, 0.25) is 0 Å². The summed E-state index contributed by atoms with van der Waals surface area (Å²) in [5.41, 5.74) is -2.25. The summed E-state index contributed by atoms with van der Waals surface area (Å²) < 4.78 is 92.1. The molecule has 0 bridgehead atoms. The number of rotatable bonds is 10. The van der Waals surface area contributed by atoms with Crippen LogP contribution in [0.4, 0.5) is 37.7 Å². The zero-order valence-corrected chi connectivity index (χ0v) is 34.8. The Morgan fingerprint density at radius 3 is 2.47 bits per heavy atom.